The van der Waals surface area contributed by atoms with E-state index < -0.39 is 12.0 Å². The van der Waals surface area contributed by atoms with E-state index in [0.717, 1.165) is 11.4 Å². The van der Waals surface area contributed by atoms with Gasteiger partial charge in [-0.05, 0) is 12.5 Å². The largest absolute Gasteiger partial charge is 0.480 e. The lowest BCUT2D eigenvalue weighted by Crippen LogP contribution is -2.28. The van der Waals surface area contributed by atoms with Gasteiger partial charge in [-0.1, -0.05) is 41.9 Å². The number of carboxylic acid groups (broad SMARTS) is 1. The normalized spacial score (nSPS) is 12.3. The topological polar surface area (TPSA) is 67.2 Å². The Kier molecular flexibility index (Phi) is 4.42. The highest BCUT2D eigenvalue weighted by atomic mass is 35.5. The van der Waals surface area contributed by atoms with E-state index in [0.29, 0.717) is 17.1 Å². The van der Waals surface area contributed by atoms with Crippen molar-refractivity contribution >= 4 is 17.6 Å². The fourth-order valence-corrected chi connectivity index (χ4v) is 2.29. The summed E-state index contributed by atoms with van der Waals surface area (Å²) in [5.74, 6) is -0.925. The zero-order valence-electron chi connectivity index (χ0n) is 11.3. The molecule has 1 heterocycles. The fraction of sp³-hybridized carbons (Fsp3) is 0.286. The van der Waals surface area contributed by atoms with Gasteiger partial charge in [0.1, 0.15) is 6.04 Å². The maximum absolute atomic E-state index is 11.4. The van der Waals surface area contributed by atoms with Crippen LogP contribution in [-0.4, -0.2) is 20.9 Å². The minimum atomic E-state index is -0.925. The highest BCUT2D eigenvalue weighted by Crippen LogP contribution is 2.20. The van der Waals surface area contributed by atoms with Crippen LogP contribution in [0.1, 0.15) is 23.0 Å². The predicted molar refractivity (Wildman–Crippen MR) is 76.6 cm³/mol. The summed E-state index contributed by atoms with van der Waals surface area (Å²) < 4.78 is 1.66. The molecule has 6 heteroatoms. The summed E-state index contributed by atoms with van der Waals surface area (Å²) >= 11 is 6.15. The smallest absolute Gasteiger partial charge is 0.325 e. The molecule has 0 amide bonds. The van der Waals surface area contributed by atoms with E-state index in [-0.39, 0.29) is 0 Å². The Bertz CT molecular complexity index is 610. The van der Waals surface area contributed by atoms with Gasteiger partial charge < -0.3 is 5.11 Å². The van der Waals surface area contributed by atoms with Gasteiger partial charge >= 0.3 is 5.97 Å². The minimum Gasteiger partial charge on any atom is -0.480 e. The van der Waals surface area contributed by atoms with Crippen LogP contribution in [-0.2, 0) is 18.4 Å². The van der Waals surface area contributed by atoms with Gasteiger partial charge in [-0.15, -0.1) is 0 Å². The van der Waals surface area contributed by atoms with Gasteiger partial charge in [0.15, 0.2) is 0 Å². The second kappa shape index (κ2) is 6.07. The van der Waals surface area contributed by atoms with E-state index in [9.17, 15) is 9.90 Å². The summed E-state index contributed by atoms with van der Waals surface area (Å²) in [6.45, 7) is 2.15. The van der Waals surface area contributed by atoms with Crippen LogP contribution in [0, 0.1) is 6.92 Å². The maximum Gasteiger partial charge on any atom is 0.325 e. The SMILES string of the molecule is Cc1nn(C)c(CNC(C(=O)O)c2ccccc2)c1Cl. The Labute approximate surface area is 122 Å². The highest BCUT2D eigenvalue weighted by Gasteiger charge is 2.20. The Hall–Kier alpha value is -1.85. The standard InChI is InChI=1S/C14H16ClN3O2/c1-9-12(15)11(18(2)17-9)8-16-13(14(19)20)10-6-4-3-5-7-10/h3-7,13,16H,8H2,1-2H3,(H,19,20). The molecule has 1 aromatic heterocycles. The van der Waals surface area contributed by atoms with Gasteiger partial charge in [0.25, 0.3) is 0 Å². The van der Waals surface area contributed by atoms with E-state index in [1.54, 1.807) is 23.9 Å². The van der Waals surface area contributed by atoms with E-state index >= 15 is 0 Å². The minimum absolute atomic E-state index is 0.335. The summed E-state index contributed by atoms with van der Waals surface area (Å²) in [7, 11) is 1.79. The molecule has 1 unspecified atom stereocenters. The summed E-state index contributed by atoms with van der Waals surface area (Å²) in [5, 5.41) is 17.1. The van der Waals surface area contributed by atoms with Crippen LogP contribution in [0.2, 0.25) is 5.02 Å². The van der Waals surface area contributed by atoms with Crippen LogP contribution in [0.15, 0.2) is 30.3 Å². The molecule has 0 aliphatic heterocycles. The number of hydrogen-bond acceptors (Lipinski definition) is 3. The summed E-state index contributed by atoms with van der Waals surface area (Å²) in [6.07, 6.45) is 0. The molecule has 106 valence electrons. The molecular weight excluding hydrogens is 278 g/mol. The average molecular weight is 294 g/mol. The molecule has 2 N–H and O–H groups in total. The zero-order chi connectivity index (χ0) is 14.7. The number of nitrogens with zero attached hydrogens (tertiary/aromatic N) is 2. The van der Waals surface area contributed by atoms with Gasteiger partial charge in [0.2, 0.25) is 0 Å². The molecule has 2 rings (SSSR count). The van der Waals surface area contributed by atoms with Gasteiger partial charge in [0.05, 0.1) is 16.4 Å². The van der Waals surface area contributed by atoms with Crippen molar-refractivity contribution in [2.45, 2.75) is 19.5 Å². The first-order valence-corrected chi connectivity index (χ1v) is 6.57. The van der Waals surface area contributed by atoms with E-state index in [1.807, 2.05) is 25.1 Å². The lowest BCUT2D eigenvalue weighted by Gasteiger charge is -2.15. The van der Waals surface area contributed by atoms with Crippen LogP contribution in [0.5, 0.6) is 0 Å². The number of carboxylic acids is 1. The second-order valence-electron chi connectivity index (χ2n) is 4.53. The lowest BCUT2D eigenvalue weighted by atomic mass is 10.1. The van der Waals surface area contributed by atoms with Crippen LogP contribution in [0.25, 0.3) is 0 Å². The monoisotopic (exact) mass is 293 g/mol. The number of nitrogens with one attached hydrogen (secondary N) is 1. The van der Waals surface area contributed by atoms with Crippen LogP contribution >= 0.6 is 11.6 Å². The molecule has 1 atom stereocenters. The van der Waals surface area contributed by atoms with E-state index in [2.05, 4.69) is 10.4 Å². The number of rotatable bonds is 5. The van der Waals surface area contributed by atoms with E-state index in [4.69, 9.17) is 11.6 Å². The molecule has 0 aliphatic carbocycles. The summed E-state index contributed by atoms with van der Waals surface area (Å²) in [5.41, 5.74) is 2.21. The number of aliphatic carboxylic acids is 1. The van der Waals surface area contributed by atoms with Crippen LogP contribution in [0.3, 0.4) is 0 Å². The Morgan fingerprint density at radius 3 is 2.60 bits per heavy atom. The van der Waals surface area contributed by atoms with Gasteiger partial charge in [-0.3, -0.25) is 14.8 Å². The van der Waals surface area contributed by atoms with Crippen LogP contribution in [0.4, 0.5) is 0 Å². The zero-order valence-corrected chi connectivity index (χ0v) is 12.1. The fourth-order valence-electron chi connectivity index (χ4n) is 2.06. The molecular formula is C14H16ClN3O2. The lowest BCUT2D eigenvalue weighted by molar-refractivity contribution is -0.139. The maximum atomic E-state index is 11.4. The molecule has 1 aromatic carbocycles. The highest BCUT2D eigenvalue weighted by molar-refractivity contribution is 6.31. The number of aryl methyl sites for hydroxylation is 2. The molecule has 2 aromatic rings. The van der Waals surface area contributed by atoms with Crippen molar-refractivity contribution in [3.8, 4) is 0 Å². The second-order valence-corrected chi connectivity index (χ2v) is 4.91. The molecule has 0 saturated carbocycles. The number of benzene rings is 1. The van der Waals surface area contributed by atoms with Crippen molar-refractivity contribution in [2.75, 3.05) is 0 Å². The Balaban J connectivity index is 2.16. The molecule has 0 bridgehead atoms. The number of hydrogen-bond donors (Lipinski definition) is 2. The Morgan fingerprint density at radius 2 is 2.10 bits per heavy atom. The molecule has 0 spiro atoms. The van der Waals surface area contributed by atoms with Gasteiger partial charge in [0, 0.05) is 13.6 Å². The molecule has 0 radical (unpaired) electrons. The predicted octanol–water partition coefficient (Wildman–Crippen LogP) is 2.30. The first-order valence-electron chi connectivity index (χ1n) is 6.19. The van der Waals surface area contributed by atoms with Gasteiger partial charge in [-0.2, -0.15) is 5.10 Å². The summed E-state index contributed by atoms with van der Waals surface area (Å²) in [4.78, 5) is 11.4. The third kappa shape index (κ3) is 3.00. The van der Waals surface area contributed by atoms with Gasteiger partial charge in [-0.25, -0.2) is 0 Å². The molecule has 0 saturated heterocycles. The number of aromatic nitrogens is 2. The van der Waals surface area contributed by atoms with Crippen molar-refractivity contribution in [1.29, 1.82) is 0 Å². The average Bonchev–Trinajstić information content (AvgIpc) is 2.66. The van der Waals surface area contributed by atoms with Crippen molar-refractivity contribution in [1.82, 2.24) is 15.1 Å². The van der Waals surface area contributed by atoms with Crippen molar-refractivity contribution in [3.63, 3.8) is 0 Å². The first kappa shape index (κ1) is 14.6. The van der Waals surface area contributed by atoms with Crippen molar-refractivity contribution < 1.29 is 9.90 Å². The molecule has 0 aliphatic rings. The summed E-state index contributed by atoms with van der Waals surface area (Å²) in [6, 6.07) is 8.26. The third-order valence-electron chi connectivity index (χ3n) is 3.12. The quantitative estimate of drug-likeness (QED) is 0.888. The molecule has 20 heavy (non-hydrogen) atoms. The number of halogens is 1. The van der Waals surface area contributed by atoms with Crippen molar-refractivity contribution in [3.05, 3.63) is 52.3 Å². The van der Waals surface area contributed by atoms with Crippen LogP contribution < -0.4 is 5.32 Å². The third-order valence-corrected chi connectivity index (χ3v) is 3.61. The molecule has 0 fully saturated rings. The molecule has 5 nitrogen and oxygen atoms in total. The Morgan fingerprint density at radius 1 is 1.45 bits per heavy atom. The first-order chi connectivity index (χ1) is 9.50. The van der Waals surface area contributed by atoms with Crippen molar-refractivity contribution in [2.24, 2.45) is 7.05 Å². The number of carbonyl (C=O) groups is 1. The van der Waals surface area contributed by atoms with E-state index in [1.165, 1.54) is 0 Å².